The van der Waals surface area contributed by atoms with Gasteiger partial charge in [-0.2, -0.15) is 11.8 Å². The van der Waals surface area contributed by atoms with Crippen molar-refractivity contribution in [2.24, 2.45) is 0 Å². The second kappa shape index (κ2) is 5.72. The molecule has 0 bridgehead atoms. The van der Waals surface area contributed by atoms with Crippen molar-refractivity contribution in [3.05, 3.63) is 0 Å². The molecular weight excluding hydrogens is 212 g/mol. The number of carbonyl (C=O) groups is 1. The molecule has 0 aromatic heterocycles. The second-order valence-corrected chi connectivity index (χ2v) is 6.43. The quantitative estimate of drug-likeness (QED) is 0.676. The average Bonchev–Trinajstić information content (AvgIpc) is 2.18. The molecule has 1 heterocycles. The highest BCUT2D eigenvalue weighted by Crippen LogP contribution is 2.36. The van der Waals surface area contributed by atoms with Crippen LogP contribution in [0.1, 0.15) is 27.2 Å². The fourth-order valence-electron chi connectivity index (χ4n) is 1.24. The minimum atomic E-state index is 0.173. The first-order chi connectivity index (χ1) is 6.65. The van der Waals surface area contributed by atoms with Gasteiger partial charge in [0.1, 0.15) is 0 Å². The van der Waals surface area contributed by atoms with Crippen LogP contribution >= 0.6 is 23.5 Å². The van der Waals surface area contributed by atoms with Crippen molar-refractivity contribution in [1.82, 2.24) is 0 Å². The van der Waals surface area contributed by atoms with Crippen molar-refractivity contribution in [2.75, 3.05) is 5.75 Å². The number of hydrogen-bond donors (Lipinski definition) is 0. The average molecular weight is 228 g/mol. The van der Waals surface area contributed by atoms with Crippen molar-refractivity contribution in [1.29, 1.82) is 0 Å². The van der Waals surface area contributed by atoms with Crippen molar-refractivity contribution < 1.29 is 4.79 Å². The summed E-state index contributed by atoms with van der Waals surface area (Å²) in [5.41, 5.74) is 0. The van der Waals surface area contributed by atoms with Gasteiger partial charge in [0, 0.05) is 16.3 Å². The minimum absolute atomic E-state index is 0.173. The van der Waals surface area contributed by atoms with Crippen molar-refractivity contribution in [2.45, 2.75) is 42.9 Å². The summed E-state index contributed by atoms with van der Waals surface area (Å²) in [5, 5.41) is 1.42. The maximum Gasteiger partial charge on any atom is 0.158 e. The molecule has 0 saturated carbocycles. The third-order valence-corrected chi connectivity index (χ3v) is 5.79. The largest absolute Gasteiger partial charge is 0.297 e. The van der Waals surface area contributed by atoms with E-state index in [1.54, 1.807) is 6.92 Å². The first-order valence-electron chi connectivity index (χ1n) is 4.84. The third-order valence-electron chi connectivity index (χ3n) is 2.35. The van der Waals surface area contributed by atoms with E-state index in [-0.39, 0.29) is 5.25 Å². The van der Waals surface area contributed by atoms with Gasteiger partial charge in [-0.25, -0.2) is 0 Å². The molecule has 1 saturated heterocycles. The zero-order chi connectivity index (χ0) is 10.6. The van der Waals surface area contributed by atoms with Crippen LogP contribution in [-0.4, -0.2) is 27.3 Å². The van der Waals surface area contributed by atoms with Crippen LogP contribution in [0.4, 0.5) is 0 Å². The lowest BCUT2D eigenvalue weighted by atomic mass is 10.2. The van der Waals surface area contributed by atoms with E-state index in [0.717, 1.165) is 5.75 Å². The van der Waals surface area contributed by atoms with E-state index in [2.05, 4.69) is 25.7 Å². The predicted molar refractivity (Wildman–Crippen MR) is 65.8 cm³/mol. The van der Waals surface area contributed by atoms with Crippen LogP contribution in [0.2, 0.25) is 0 Å². The lowest BCUT2D eigenvalue weighted by Crippen LogP contribution is -2.31. The van der Waals surface area contributed by atoms with Crippen LogP contribution < -0.4 is 0 Å². The van der Waals surface area contributed by atoms with Crippen LogP contribution in [-0.2, 0) is 4.79 Å². The number of rotatable bonds is 2. The van der Waals surface area contributed by atoms with Gasteiger partial charge in [0.15, 0.2) is 5.78 Å². The van der Waals surface area contributed by atoms with Gasteiger partial charge in [-0.15, -0.1) is 17.7 Å². The Hall–Kier alpha value is -0.0700. The highest BCUT2D eigenvalue weighted by atomic mass is 32.2. The number of ketones is 1. The van der Waals surface area contributed by atoms with E-state index < -0.39 is 0 Å². The van der Waals surface area contributed by atoms with E-state index in [9.17, 15) is 4.79 Å². The van der Waals surface area contributed by atoms with E-state index in [1.807, 2.05) is 23.5 Å². The Kier molecular flexibility index (Phi) is 4.91. The fourth-order valence-corrected chi connectivity index (χ4v) is 4.13. The Labute approximate surface area is 94.8 Å². The highest BCUT2D eigenvalue weighted by molar-refractivity contribution is 8.08. The minimum Gasteiger partial charge on any atom is -0.297 e. The van der Waals surface area contributed by atoms with Gasteiger partial charge >= 0.3 is 0 Å². The molecule has 0 radical (unpaired) electrons. The predicted octanol–water partition coefficient (Wildman–Crippen LogP) is 2.59. The number of carbonyl (C=O) groups excluding carboxylic acids is 1. The van der Waals surface area contributed by atoms with Crippen molar-refractivity contribution in [3.63, 3.8) is 0 Å². The third kappa shape index (κ3) is 3.25. The molecule has 14 heavy (non-hydrogen) atoms. The standard InChI is InChI=1S/C11H16OS2/c1-4-5-6-10(12)11-7-13-8(2)9(3)14-11/h8-9,11H,6-7H2,1-3H3. The molecule has 1 nitrogen and oxygen atoms in total. The Balaban J connectivity index is 2.44. The summed E-state index contributed by atoms with van der Waals surface area (Å²) >= 11 is 3.72. The summed E-state index contributed by atoms with van der Waals surface area (Å²) in [7, 11) is 0. The molecule has 3 atom stereocenters. The lowest BCUT2D eigenvalue weighted by Gasteiger charge is -2.29. The normalized spacial score (nSPS) is 31.8. The maximum atomic E-state index is 11.7. The van der Waals surface area contributed by atoms with Gasteiger partial charge in [0.05, 0.1) is 11.7 Å². The smallest absolute Gasteiger partial charge is 0.158 e. The van der Waals surface area contributed by atoms with Gasteiger partial charge in [-0.3, -0.25) is 4.79 Å². The Morgan fingerprint density at radius 3 is 2.71 bits per heavy atom. The molecule has 0 aromatic rings. The molecule has 1 aliphatic heterocycles. The van der Waals surface area contributed by atoms with Crippen LogP contribution in [0.25, 0.3) is 0 Å². The summed E-state index contributed by atoms with van der Waals surface area (Å²) < 4.78 is 0. The summed E-state index contributed by atoms with van der Waals surface area (Å²) in [4.78, 5) is 11.7. The molecule has 78 valence electrons. The van der Waals surface area contributed by atoms with Gasteiger partial charge in [0.2, 0.25) is 0 Å². The molecule has 0 N–H and O–H groups in total. The summed E-state index contributed by atoms with van der Waals surface area (Å²) in [6, 6.07) is 0. The molecule has 0 aromatic carbocycles. The molecule has 0 amide bonds. The molecule has 0 spiro atoms. The van der Waals surface area contributed by atoms with Crippen LogP contribution in [0, 0.1) is 11.8 Å². The van der Waals surface area contributed by atoms with Crippen molar-refractivity contribution in [3.8, 4) is 11.8 Å². The summed E-state index contributed by atoms with van der Waals surface area (Å²) in [5.74, 6) is 6.88. The molecule has 3 heteroatoms. The van der Waals surface area contributed by atoms with Gasteiger partial charge in [-0.1, -0.05) is 19.8 Å². The molecular formula is C11H16OS2. The Morgan fingerprint density at radius 1 is 1.43 bits per heavy atom. The highest BCUT2D eigenvalue weighted by Gasteiger charge is 2.29. The van der Waals surface area contributed by atoms with Gasteiger partial charge in [-0.05, 0) is 6.92 Å². The van der Waals surface area contributed by atoms with Crippen LogP contribution in [0.5, 0.6) is 0 Å². The molecule has 1 aliphatic rings. The second-order valence-electron chi connectivity index (χ2n) is 3.44. The summed E-state index contributed by atoms with van der Waals surface area (Å²) in [6.45, 7) is 6.21. The first kappa shape index (κ1) is 12.0. The van der Waals surface area contributed by atoms with Crippen LogP contribution in [0.15, 0.2) is 0 Å². The monoisotopic (exact) mass is 228 g/mol. The molecule has 0 aliphatic carbocycles. The van der Waals surface area contributed by atoms with E-state index in [0.29, 0.717) is 22.7 Å². The summed E-state index contributed by atoms with van der Waals surface area (Å²) in [6.07, 6.45) is 0.426. The number of Topliss-reactive ketones (excluding diaryl/α,β-unsaturated/α-hetero) is 1. The molecule has 3 unspecified atom stereocenters. The SMILES string of the molecule is CC#CCC(=O)C1CSC(C)C(C)S1. The maximum absolute atomic E-state index is 11.7. The number of hydrogen-bond acceptors (Lipinski definition) is 3. The number of thioether (sulfide) groups is 2. The van der Waals surface area contributed by atoms with E-state index in [1.165, 1.54) is 0 Å². The van der Waals surface area contributed by atoms with Gasteiger partial charge < -0.3 is 0 Å². The fraction of sp³-hybridized carbons (Fsp3) is 0.727. The Morgan fingerprint density at radius 2 is 2.14 bits per heavy atom. The Bertz CT molecular complexity index is 264. The molecule has 1 rings (SSSR count). The topological polar surface area (TPSA) is 17.1 Å². The van der Waals surface area contributed by atoms with E-state index >= 15 is 0 Å². The zero-order valence-corrected chi connectivity index (χ0v) is 10.5. The zero-order valence-electron chi connectivity index (χ0n) is 8.87. The van der Waals surface area contributed by atoms with Gasteiger partial charge in [0.25, 0.3) is 0 Å². The van der Waals surface area contributed by atoms with Crippen molar-refractivity contribution >= 4 is 29.3 Å². The van der Waals surface area contributed by atoms with Crippen LogP contribution in [0.3, 0.4) is 0 Å². The first-order valence-corrected chi connectivity index (χ1v) is 6.83. The van der Waals surface area contributed by atoms with E-state index in [4.69, 9.17) is 0 Å². The lowest BCUT2D eigenvalue weighted by molar-refractivity contribution is -0.117. The molecule has 1 fully saturated rings.